The van der Waals surface area contributed by atoms with Crippen molar-refractivity contribution >= 4 is 39.8 Å². The van der Waals surface area contributed by atoms with E-state index in [0.717, 1.165) is 4.90 Å². The predicted octanol–water partition coefficient (Wildman–Crippen LogP) is 5.76. The number of hydrogen-bond donors (Lipinski definition) is 1. The summed E-state index contributed by atoms with van der Waals surface area (Å²) in [6.07, 6.45) is 0.195. The van der Waals surface area contributed by atoms with Crippen LogP contribution in [0.2, 0.25) is 0 Å². The summed E-state index contributed by atoms with van der Waals surface area (Å²) in [6.45, 7) is 0. The van der Waals surface area contributed by atoms with Crippen molar-refractivity contribution in [2.45, 2.75) is 16.6 Å². The number of fused-ring (bicyclic) bond motifs is 2. The third-order valence-corrected chi connectivity index (χ3v) is 6.63. The number of benzene rings is 3. The van der Waals surface area contributed by atoms with E-state index in [1.165, 1.54) is 17.8 Å². The van der Waals surface area contributed by atoms with Crippen molar-refractivity contribution in [1.82, 2.24) is 0 Å². The minimum atomic E-state index is -0.703. The second kappa shape index (κ2) is 7.97. The molecule has 7 nitrogen and oxygen atoms in total. The maximum Gasteiger partial charge on any atom is 0.349 e. The van der Waals surface area contributed by atoms with Gasteiger partial charge in [0.05, 0.1) is 21.7 Å². The molecule has 1 unspecified atom stereocenters. The second-order valence-electron chi connectivity index (χ2n) is 7.26. The number of nitrogens with zero attached hydrogens (tertiary/aromatic N) is 2. The van der Waals surface area contributed by atoms with Crippen LogP contribution in [-0.4, -0.2) is 15.7 Å². The molecule has 158 valence electrons. The van der Waals surface area contributed by atoms with E-state index < -0.39 is 15.8 Å². The number of nitro groups is 1. The Morgan fingerprint density at radius 3 is 2.59 bits per heavy atom. The summed E-state index contributed by atoms with van der Waals surface area (Å²) >= 11 is 1.44. The first-order valence-corrected chi connectivity index (χ1v) is 10.7. The van der Waals surface area contributed by atoms with Crippen molar-refractivity contribution in [1.29, 1.82) is 0 Å². The van der Waals surface area contributed by atoms with E-state index in [1.807, 2.05) is 24.3 Å². The number of aliphatic imine (C=N–C) groups is 1. The fraction of sp³-hybridized carbons (Fsp3) is 0.0833. The maximum absolute atomic E-state index is 12.9. The summed E-state index contributed by atoms with van der Waals surface area (Å²) in [5, 5.41) is 22.6. The Bertz CT molecular complexity index is 1460. The number of para-hydroxylation sites is 3. The van der Waals surface area contributed by atoms with E-state index in [0.29, 0.717) is 22.3 Å². The summed E-state index contributed by atoms with van der Waals surface area (Å²) in [5.74, 6) is -0.207. The molecule has 32 heavy (non-hydrogen) atoms. The summed E-state index contributed by atoms with van der Waals surface area (Å²) in [5.41, 5.74) is 1.02. The Hall–Kier alpha value is -3.91. The van der Waals surface area contributed by atoms with E-state index in [9.17, 15) is 20.0 Å². The van der Waals surface area contributed by atoms with Crippen LogP contribution >= 0.6 is 11.8 Å². The zero-order valence-electron chi connectivity index (χ0n) is 16.6. The molecule has 2 heterocycles. The SMILES string of the molecule is O=c1oc2ccccc2c(O)c1C1=Nc2ccccc2SC(c2ccccc2[N+](=O)[O-])C1. The molecule has 0 bridgehead atoms. The van der Waals surface area contributed by atoms with Gasteiger partial charge in [0.2, 0.25) is 0 Å². The third kappa shape index (κ3) is 3.44. The van der Waals surface area contributed by atoms with Crippen molar-refractivity contribution in [2.24, 2.45) is 4.99 Å². The van der Waals surface area contributed by atoms with E-state index in [2.05, 4.69) is 0 Å². The zero-order chi connectivity index (χ0) is 22.2. The Labute approximate surface area is 186 Å². The molecule has 1 atom stereocenters. The van der Waals surface area contributed by atoms with Crippen LogP contribution in [0.5, 0.6) is 5.75 Å². The fourth-order valence-corrected chi connectivity index (χ4v) is 5.12. The first kappa shape index (κ1) is 20.0. The quantitative estimate of drug-likeness (QED) is 0.244. The van der Waals surface area contributed by atoms with Gasteiger partial charge >= 0.3 is 5.63 Å². The molecule has 5 rings (SSSR count). The predicted molar refractivity (Wildman–Crippen MR) is 123 cm³/mol. The van der Waals surface area contributed by atoms with Crippen LogP contribution in [0.1, 0.15) is 22.8 Å². The summed E-state index contributed by atoms with van der Waals surface area (Å²) in [6, 6.07) is 20.7. The normalized spacial score (nSPS) is 15.6. The Balaban J connectivity index is 1.73. The monoisotopic (exact) mass is 444 g/mol. The molecule has 0 fully saturated rings. The van der Waals surface area contributed by atoms with Gasteiger partial charge in [-0.3, -0.25) is 15.1 Å². The van der Waals surface area contributed by atoms with Gasteiger partial charge in [-0.15, -0.1) is 11.8 Å². The van der Waals surface area contributed by atoms with Gasteiger partial charge in [0.1, 0.15) is 16.9 Å². The van der Waals surface area contributed by atoms with Crippen molar-refractivity contribution in [3.63, 3.8) is 0 Å². The van der Waals surface area contributed by atoms with E-state index in [4.69, 9.17) is 9.41 Å². The minimum absolute atomic E-state index is 0.00139. The van der Waals surface area contributed by atoms with Crippen molar-refractivity contribution in [3.05, 3.63) is 104 Å². The molecule has 0 saturated carbocycles. The van der Waals surface area contributed by atoms with Gasteiger partial charge in [-0.05, 0) is 24.3 Å². The van der Waals surface area contributed by atoms with Crippen LogP contribution in [0.4, 0.5) is 11.4 Å². The second-order valence-corrected chi connectivity index (χ2v) is 8.51. The van der Waals surface area contributed by atoms with Gasteiger partial charge in [-0.1, -0.05) is 42.5 Å². The van der Waals surface area contributed by atoms with Crippen LogP contribution in [0.15, 0.2) is 91.9 Å². The van der Waals surface area contributed by atoms with E-state index in [-0.39, 0.29) is 29.0 Å². The Morgan fingerprint density at radius 2 is 1.75 bits per heavy atom. The highest BCUT2D eigenvalue weighted by atomic mass is 32.2. The van der Waals surface area contributed by atoms with Crippen molar-refractivity contribution in [2.75, 3.05) is 0 Å². The number of nitro benzene ring substituents is 1. The molecule has 1 aliphatic rings. The largest absolute Gasteiger partial charge is 0.506 e. The lowest BCUT2D eigenvalue weighted by Gasteiger charge is -2.16. The number of rotatable bonds is 3. The molecule has 3 aromatic carbocycles. The fourth-order valence-electron chi connectivity index (χ4n) is 3.86. The Kier molecular flexibility index (Phi) is 4.99. The average molecular weight is 444 g/mol. The van der Waals surface area contributed by atoms with Gasteiger partial charge in [0.15, 0.2) is 0 Å². The van der Waals surface area contributed by atoms with Gasteiger partial charge in [0.25, 0.3) is 5.69 Å². The highest BCUT2D eigenvalue weighted by Crippen LogP contribution is 2.48. The molecule has 0 radical (unpaired) electrons. The molecule has 8 heteroatoms. The van der Waals surface area contributed by atoms with Crippen molar-refractivity contribution < 1.29 is 14.4 Å². The number of aromatic hydroxyl groups is 1. The molecule has 1 aromatic heterocycles. The highest BCUT2D eigenvalue weighted by Gasteiger charge is 2.30. The molecular weight excluding hydrogens is 428 g/mol. The summed E-state index contributed by atoms with van der Waals surface area (Å²) in [4.78, 5) is 29.6. The molecule has 1 N–H and O–H groups in total. The first-order valence-electron chi connectivity index (χ1n) is 9.84. The summed E-state index contributed by atoms with van der Waals surface area (Å²) in [7, 11) is 0. The topological polar surface area (TPSA) is 106 Å². The smallest absolute Gasteiger partial charge is 0.349 e. The van der Waals surface area contributed by atoms with E-state index in [1.54, 1.807) is 42.5 Å². The van der Waals surface area contributed by atoms with Crippen LogP contribution < -0.4 is 5.63 Å². The molecule has 0 saturated heterocycles. The lowest BCUT2D eigenvalue weighted by atomic mass is 9.99. The molecule has 1 aliphatic heterocycles. The highest BCUT2D eigenvalue weighted by molar-refractivity contribution is 7.99. The van der Waals surface area contributed by atoms with Crippen molar-refractivity contribution in [3.8, 4) is 5.75 Å². The van der Waals surface area contributed by atoms with Crippen LogP contribution in [0, 0.1) is 10.1 Å². The maximum atomic E-state index is 12.9. The van der Waals surface area contributed by atoms with Gasteiger partial charge in [-0.2, -0.15) is 0 Å². The lowest BCUT2D eigenvalue weighted by molar-refractivity contribution is -0.385. The molecule has 0 aliphatic carbocycles. The molecule has 0 spiro atoms. The minimum Gasteiger partial charge on any atom is -0.506 e. The molecular formula is C24H16N2O5S. The first-order chi connectivity index (χ1) is 15.5. The van der Waals surface area contributed by atoms with E-state index >= 15 is 0 Å². The molecule has 4 aromatic rings. The summed E-state index contributed by atoms with van der Waals surface area (Å²) < 4.78 is 5.45. The van der Waals surface area contributed by atoms with Crippen LogP contribution in [0.3, 0.4) is 0 Å². The standard InChI is InChI=1S/C24H16N2O5S/c27-23-15-8-2-5-11-19(15)31-24(28)22(23)17-13-21(14-7-1-4-10-18(14)26(29)30)32-20-12-6-3-9-16(20)25-17/h1-12,21,27H,13H2. The number of thioether (sulfide) groups is 1. The van der Waals surface area contributed by atoms with Gasteiger partial charge < -0.3 is 9.52 Å². The third-order valence-electron chi connectivity index (χ3n) is 5.32. The zero-order valence-corrected chi connectivity index (χ0v) is 17.4. The Morgan fingerprint density at radius 1 is 1.03 bits per heavy atom. The van der Waals surface area contributed by atoms with Gasteiger partial charge in [0, 0.05) is 28.2 Å². The number of hydrogen-bond acceptors (Lipinski definition) is 7. The molecule has 0 amide bonds. The van der Waals surface area contributed by atoms with Crippen LogP contribution in [0.25, 0.3) is 11.0 Å². The van der Waals surface area contributed by atoms with Gasteiger partial charge in [-0.25, -0.2) is 4.79 Å². The lowest BCUT2D eigenvalue weighted by Crippen LogP contribution is -2.17. The average Bonchev–Trinajstić information content (AvgIpc) is 2.98. The van der Waals surface area contributed by atoms with Crippen LogP contribution in [-0.2, 0) is 0 Å².